The highest BCUT2D eigenvalue weighted by molar-refractivity contribution is 7.93. The van der Waals surface area contributed by atoms with Crippen LogP contribution in [-0.2, 0) is 32.4 Å². The molecule has 0 unspecified atom stereocenters. The Hall–Kier alpha value is -2.59. The molecule has 1 aliphatic carbocycles. The van der Waals surface area contributed by atoms with Crippen molar-refractivity contribution < 1.29 is 27.5 Å². The molecule has 0 bridgehead atoms. The van der Waals surface area contributed by atoms with Crippen LogP contribution in [0.3, 0.4) is 0 Å². The first-order valence-corrected chi connectivity index (χ1v) is 13.0. The molecular formula is C22H26N2O6S2. The molecular weight excluding hydrogens is 452 g/mol. The first-order valence-electron chi connectivity index (χ1n) is 10.7. The van der Waals surface area contributed by atoms with E-state index in [1.807, 2.05) is 0 Å². The van der Waals surface area contributed by atoms with Gasteiger partial charge in [-0.05, 0) is 62.8 Å². The monoisotopic (exact) mass is 478 g/mol. The molecule has 0 spiro atoms. The molecule has 172 valence electrons. The molecule has 1 N–H and O–H groups in total. The van der Waals surface area contributed by atoms with Crippen molar-refractivity contribution >= 4 is 43.9 Å². The van der Waals surface area contributed by atoms with Crippen molar-refractivity contribution in [3.05, 3.63) is 34.2 Å². The van der Waals surface area contributed by atoms with Crippen LogP contribution in [0, 0.1) is 0 Å². The third-order valence-electron chi connectivity index (χ3n) is 5.70. The van der Waals surface area contributed by atoms with Crippen LogP contribution in [-0.4, -0.2) is 40.6 Å². The summed E-state index contributed by atoms with van der Waals surface area (Å²) in [5.41, 5.74) is 1.63. The Morgan fingerprint density at radius 1 is 1.19 bits per heavy atom. The van der Waals surface area contributed by atoms with Crippen molar-refractivity contribution in [2.45, 2.75) is 50.3 Å². The second-order valence-electron chi connectivity index (χ2n) is 7.72. The number of amides is 1. The zero-order chi connectivity index (χ0) is 22.9. The summed E-state index contributed by atoms with van der Waals surface area (Å²) in [5.74, 6) is -0.151. The summed E-state index contributed by atoms with van der Waals surface area (Å²) in [5, 5.41) is 0.282. The highest BCUT2D eigenvalue weighted by Crippen LogP contribution is 2.40. The van der Waals surface area contributed by atoms with Gasteiger partial charge in [-0.1, -0.05) is 0 Å². The average Bonchev–Trinajstić information content (AvgIpc) is 3.35. The number of ether oxygens (including phenoxy) is 2. The number of benzene rings is 1. The van der Waals surface area contributed by atoms with Crippen molar-refractivity contribution in [2.75, 3.05) is 29.9 Å². The standard InChI is InChI=1S/C22H26N2O6S2/c1-3-30-22(26)20-15-7-4-5-8-18(15)31-21(20)23-32(27,28)14-10-11-17(29-2)16(13-14)24-12-6-9-19(24)25/h10-11,13,23H,3-9,12H2,1-2H3. The third kappa shape index (κ3) is 4.21. The summed E-state index contributed by atoms with van der Waals surface area (Å²) >= 11 is 1.29. The van der Waals surface area contributed by atoms with E-state index in [1.165, 1.54) is 30.6 Å². The van der Waals surface area contributed by atoms with Crippen LogP contribution in [0.5, 0.6) is 5.75 Å². The zero-order valence-corrected chi connectivity index (χ0v) is 19.7. The maximum atomic E-state index is 13.3. The Labute approximate surface area is 191 Å². The predicted octanol–water partition coefficient (Wildman–Crippen LogP) is 3.74. The quantitative estimate of drug-likeness (QED) is 0.609. The summed E-state index contributed by atoms with van der Waals surface area (Å²) in [4.78, 5) is 27.5. The van der Waals surface area contributed by atoms with Crippen molar-refractivity contribution in [1.82, 2.24) is 0 Å². The number of methoxy groups -OCH3 is 1. The molecule has 0 saturated carbocycles. The largest absolute Gasteiger partial charge is 0.495 e. The summed E-state index contributed by atoms with van der Waals surface area (Å²) in [6, 6.07) is 4.42. The second-order valence-corrected chi connectivity index (χ2v) is 10.5. The van der Waals surface area contributed by atoms with Gasteiger partial charge in [-0.2, -0.15) is 0 Å². The van der Waals surface area contributed by atoms with Crippen LogP contribution < -0.4 is 14.4 Å². The number of fused-ring (bicyclic) bond motifs is 1. The highest BCUT2D eigenvalue weighted by atomic mass is 32.2. The molecule has 2 heterocycles. The Morgan fingerprint density at radius 2 is 1.97 bits per heavy atom. The van der Waals surface area contributed by atoms with E-state index in [2.05, 4.69) is 4.72 Å². The van der Waals surface area contributed by atoms with Crippen LogP contribution in [0.25, 0.3) is 0 Å². The summed E-state index contributed by atoms with van der Waals surface area (Å²) in [6.45, 7) is 2.44. The number of carbonyl (C=O) groups is 2. The van der Waals surface area contributed by atoms with Crippen LogP contribution >= 0.6 is 11.3 Å². The van der Waals surface area contributed by atoms with Crippen LogP contribution in [0.1, 0.15) is 53.4 Å². The van der Waals surface area contributed by atoms with Crippen molar-refractivity contribution in [3.8, 4) is 5.75 Å². The van der Waals surface area contributed by atoms with Gasteiger partial charge in [-0.25, -0.2) is 13.2 Å². The van der Waals surface area contributed by atoms with Gasteiger partial charge in [-0.3, -0.25) is 9.52 Å². The molecule has 2 aliphatic rings. The number of nitrogens with one attached hydrogen (secondary N) is 1. The molecule has 1 aromatic heterocycles. The van der Waals surface area contributed by atoms with Gasteiger partial charge in [0.25, 0.3) is 10.0 Å². The minimum Gasteiger partial charge on any atom is -0.495 e. The fourth-order valence-electron chi connectivity index (χ4n) is 4.19. The van der Waals surface area contributed by atoms with E-state index in [1.54, 1.807) is 17.9 Å². The predicted molar refractivity (Wildman–Crippen MR) is 122 cm³/mol. The fraction of sp³-hybridized carbons (Fsp3) is 0.455. The van der Waals surface area contributed by atoms with E-state index in [9.17, 15) is 18.0 Å². The highest BCUT2D eigenvalue weighted by Gasteiger charge is 2.30. The SMILES string of the molecule is CCOC(=O)c1c(NS(=O)(=O)c2ccc(OC)c(N3CCCC3=O)c2)sc2c1CCCC2. The van der Waals surface area contributed by atoms with Crippen LogP contribution in [0.15, 0.2) is 23.1 Å². The number of nitrogens with zero attached hydrogens (tertiary/aromatic N) is 1. The van der Waals surface area contributed by atoms with Gasteiger partial charge in [0, 0.05) is 17.8 Å². The first kappa shape index (κ1) is 22.6. The summed E-state index contributed by atoms with van der Waals surface area (Å²) < 4.78 is 39.8. The lowest BCUT2D eigenvalue weighted by Crippen LogP contribution is -2.25. The number of hydrogen-bond acceptors (Lipinski definition) is 7. The Kier molecular flexibility index (Phi) is 6.43. The molecule has 1 amide bonds. The number of anilines is 2. The Bertz CT molecular complexity index is 1160. The zero-order valence-electron chi connectivity index (χ0n) is 18.1. The molecule has 8 nitrogen and oxygen atoms in total. The summed E-state index contributed by atoms with van der Waals surface area (Å²) in [6.07, 6.45) is 4.63. The van der Waals surface area contributed by atoms with E-state index in [0.717, 1.165) is 36.1 Å². The molecule has 2 aromatic rings. The molecule has 0 atom stereocenters. The normalized spacial score (nSPS) is 16.1. The topological polar surface area (TPSA) is 102 Å². The molecule has 1 aliphatic heterocycles. The Balaban J connectivity index is 1.72. The second kappa shape index (κ2) is 9.11. The lowest BCUT2D eigenvalue weighted by atomic mass is 9.95. The molecule has 10 heteroatoms. The minimum atomic E-state index is -4.02. The lowest BCUT2D eigenvalue weighted by Gasteiger charge is -2.20. The third-order valence-corrected chi connectivity index (χ3v) is 8.39. The number of aryl methyl sites for hydroxylation is 1. The summed E-state index contributed by atoms with van der Waals surface area (Å²) in [7, 11) is -2.54. The average molecular weight is 479 g/mol. The van der Waals surface area contributed by atoms with Gasteiger partial charge in [0.05, 0.1) is 29.9 Å². The maximum Gasteiger partial charge on any atom is 0.341 e. The number of thiophene rings is 1. The number of carbonyl (C=O) groups excluding carboxylic acids is 2. The number of sulfonamides is 1. The first-order chi connectivity index (χ1) is 15.4. The van der Waals surface area contributed by atoms with Gasteiger partial charge >= 0.3 is 5.97 Å². The molecule has 4 rings (SSSR count). The van der Waals surface area contributed by atoms with E-state index in [0.29, 0.717) is 36.4 Å². The maximum absolute atomic E-state index is 13.3. The lowest BCUT2D eigenvalue weighted by molar-refractivity contribution is -0.117. The molecule has 1 saturated heterocycles. The van der Waals surface area contributed by atoms with E-state index in [4.69, 9.17) is 9.47 Å². The number of hydrogen-bond donors (Lipinski definition) is 1. The van der Waals surface area contributed by atoms with Gasteiger partial charge in [0.2, 0.25) is 5.91 Å². The van der Waals surface area contributed by atoms with Crippen LogP contribution in [0.4, 0.5) is 10.7 Å². The van der Waals surface area contributed by atoms with E-state index in [-0.39, 0.29) is 22.4 Å². The molecule has 32 heavy (non-hydrogen) atoms. The van der Waals surface area contributed by atoms with Gasteiger partial charge in [0.15, 0.2) is 0 Å². The molecule has 1 aromatic carbocycles. The van der Waals surface area contributed by atoms with Crippen molar-refractivity contribution in [1.29, 1.82) is 0 Å². The van der Waals surface area contributed by atoms with E-state index >= 15 is 0 Å². The molecule has 0 radical (unpaired) electrons. The van der Waals surface area contributed by atoms with Gasteiger partial charge < -0.3 is 14.4 Å². The van der Waals surface area contributed by atoms with Crippen molar-refractivity contribution in [3.63, 3.8) is 0 Å². The fourth-order valence-corrected chi connectivity index (χ4v) is 6.79. The van der Waals surface area contributed by atoms with E-state index < -0.39 is 16.0 Å². The Morgan fingerprint density at radius 3 is 2.66 bits per heavy atom. The minimum absolute atomic E-state index is 0.00539. The smallest absolute Gasteiger partial charge is 0.341 e. The number of rotatable bonds is 7. The van der Waals surface area contributed by atoms with Gasteiger partial charge in [-0.15, -0.1) is 11.3 Å². The van der Waals surface area contributed by atoms with Crippen LogP contribution in [0.2, 0.25) is 0 Å². The molecule has 1 fully saturated rings. The number of esters is 1. The van der Waals surface area contributed by atoms with Crippen molar-refractivity contribution in [2.24, 2.45) is 0 Å². The van der Waals surface area contributed by atoms with Gasteiger partial charge in [0.1, 0.15) is 10.8 Å².